The van der Waals surface area contributed by atoms with Crippen molar-refractivity contribution in [2.75, 3.05) is 13.7 Å². The van der Waals surface area contributed by atoms with Crippen molar-refractivity contribution in [1.29, 1.82) is 0 Å². The Balaban J connectivity index is 2.19. The molecule has 0 heterocycles. The third-order valence-corrected chi connectivity index (χ3v) is 5.33. The Morgan fingerprint density at radius 2 is 1.72 bits per heavy atom. The van der Waals surface area contributed by atoms with Crippen LogP contribution in [0.4, 0.5) is 0 Å². The lowest BCUT2D eigenvalue weighted by molar-refractivity contribution is -0.156. The summed E-state index contributed by atoms with van der Waals surface area (Å²) in [5.74, 6) is -0.787. The summed E-state index contributed by atoms with van der Waals surface area (Å²) in [4.78, 5) is 25.4. The Kier molecular flexibility index (Phi) is 6.77. The topological polar surface area (TPSA) is 52.6 Å². The Morgan fingerprint density at radius 3 is 2.28 bits per heavy atom. The number of aryl methyl sites for hydroxylation is 3. The first kappa shape index (κ1) is 19.6. The van der Waals surface area contributed by atoms with Gasteiger partial charge < -0.3 is 9.47 Å². The van der Waals surface area contributed by atoms with Crippen molar-refractivity contribution >= 4 is 11.8 Å². The summed E-state index contributed by atoms with van der Waals surface area (Å²) in [7, 11) is 1.66. The van der Waals surface area contributed by atoms with E-state index in [-0.39, 0.29) is 23.8 Å². The second-order valence-corrected chi connectivity index (χ2v) is 7.16. The molecule has 0 aromatic heterocycles. The van der Waals surface area contributed by atoms with E-state index in [4.69, 9.17) is 9.47 Å². The van der Waals surface area contributed by atoms with Gasteiger partial charge in [-0.25, -0.2) is 0 Å². The second kappa shape index (κ2) is 8.61. The van der Waals surface area contributed by atoms with Crippen LogP contribution in [-0.2, 0) is 25.5 Å². The molecule has 0 bridgehead atoms. The monoisotopic (exact) mass is 346 g/mol. The largest absolute Gasteiger partial charge is 0.466 e. The summed E-state index contributed by atoms with van der Waals surface area (Å²) >= 11 is 0. The van der Waals surface area contributed by atoms with Gasteiger partial charge >= 0.3 is 5.97 Å². The van der Waals surface area contributed by atoms with Crippen molar-refractivity contribution in [3.8, 4) is 0 Å². The zero-order valence-corrected chi connectivity index (χ0v) is 16.1. The second-order valence-electron chi connectivity index (χ2n) is 7.16. The highest BCUT2D eigenvalue weighted by Gasteiger charge is 2.40. The van der Waals surface area contributed by atoms with Gasteiger partial charge in [-0.3, -0.25) is 9.59 Å². The highest BCUT2D eigenvalue weighted by molar-refractivity contribution is 5.89. The van der Waals surface area contributed by atoms with Gasteiger partial charge in [0.15, 0.2) is 0 Å². The molecule has 1 aliphatic carbocycles. The molecule has 138 valence electrons. The Morgan fingerprint density at radius 1 is 1.08 bits per heavy atom. The van der Waals surface area contributed by atoms with E-state index in [1.54, 1.807) is 14.0 Å². The number of methoxy groups -OCH3 is 1. The number of hydrogen-bond acceptors (Lipinski definition) is 4. The molecule has 1 aliphatic rings. The van der Waals surface area contributed by atoms with Crippen LogP contribution < -0.4 is 0 Å². The van der Waals surface area contributed by atoms with Gasteiger partial charge in [0.2, 0.25) is 0 Å². The molecular formula is C21H30O4. The molecule has 25 heavy (non-hydrogen) atoms. The van der Waals surface area contributed by atoms with Gasteiger partial charge in [0.1, 0.15) is 5.78 Å². The van der Waals surface area contributed by atoms with Crippen molar-refractivity contribution < 1.29 is 19.1 Å². The number of esters is 1. The van der Waals surface area contributed by atoms with E-state index < -0.39 is 5.92 Å². The van der Waals surface area contributed by atoms with Crippen LogP contribution in [0, 0.1) is 32.6 Å². The Bertz CT molecular complexity index is 612. The average molecular weight is 346 g/mol. The molecule has 1 aromatic carbocycles. The normalized spacial score (nSPS) is 23.3. The molecule has 1 saturated carbocycles. The van der Waals surface area contributed by atoms with E-state index in [0.29, 0.717) is 25.9 Å². The molecule has 0 amide bonds. The van der Waals surface area contributed by atoms with Crippen LogP contribution in [0.25, 0.3) is 0 Å². The third-order valence-electron chi connectivity index (χ3n) is 5.33. The highest BCUT2D eigenvalue weighted by Crippen LogP contribution is 2.34. The zero-order valence-electron chi connectivity index (χ0n) is 16.1. The summed E-state index contributed by atoms with van der Waals surface area (Å²) < 4.78 is 10.6. The van der Waals surface area contributed by atoms with E-state index in [2.05, 4.69) is 19.1 Å². The van der Waals surface area contributed by atoms with Gasteiger partial charge in [0.05, 0.1) is 18.6 Å². The molecule has 3 unspecified atom stereocenters. The minimum absolute atomic E-state index is 0.0290. The standard InChI is InChI=1S/C21H30O4/c1-6-25-21(23)19-11-16(24-5)7-8-17(19)20(22)12-18-14(3)9-13(2)10-15(18)4/h9-10,16-17,19H,6-8,11-12H2,1-5H3. The summed E-state index contributed by atoms with van der Waals surface area (Å²) in [6, 6.07) is 4.22. The number of hydrogen-bond donors (Lipinski definition) is 0. The van der Waals surface area contributed by atoms with Gasteiger partial charge in [-0.2, -0.15) is 0 Å². The van der Waals surface area contributed by atoms with Crippen LogP contribution >= 0.6 is 0 Å². The van der Waals surface area contributed by atoms with Crippen LogP contribution in [0.5, 0.6) is 0 Å². The number of ketones is 1. The molecule has 0 aliphatic heterocycles. The minimum atomic E-state index is -0.391. The van der Waals surface area contributed by atoms with E-state index in [1.807, 2.05) is 13.8 Å². The van der Waals surface area contributed by atoms with Gasteiger partial charge in [-0.05, 0) is 63.6 Å². The van der Waals surface area contributed by atoms with E-state index in [0.717, 1.165) is 23.1 Å². The van der Waals surface area contributed by atoms with Crippen molar-refractivity contribution in [1.82, 2.24) is 0 Å². The molecule has 0 radical (unpaired) electrons. The molecule has 4 nitrogen and oxygen atoms in total. The smallest absolute Gasteiger partial charge is 0.309 e. The van der Waals surface area contributed by atoms with Crippen molar-refractivity contribution in [2.24, 2.45) is 11.8 Å². The van der Waals surface area contributed by atoms with Crippen molar-refractivity contribution in [3.63, 3.8) is 0 Å². The van der Waals surface area contributed by atoms with Crippen LogP contribution in [-0.4, -0.2) is 31.6 Å². The first-order valence-corrected chi connectivity index (χ1v) is 9.16. The number of Topliss-reactive ketones (excluding diaryl/α,β-unsaturated/α-hetero) is 1. The maximum atomic E-state index is 13.0. The Labute approximate surface area is 150 Å². The van der Waals surface area contributed by atoms with E-state index in [1.165, 1.54) is 5.56 Å². The van der Waals surface area contributed by atoms with Crippen LogP contribution in [0.2, 0.25) is 0 Å². The maximum Gasteiger partial charge on any atom is 0.309 e. The predicted molar refractivity (Wildman–Crippen MR) is 97.6 cm³/mol. The Hall–Kier alpha value is -1.68. The fourth-order valence-corrected chi connectivity index (χ4v) is 4.04. The SMILES string of the molecule is CCOC(=O)C1CC(OC)CCC1C(=O)Cc1c(C)cc(C)cc1C. The molecule has 0 spiro atoms. The molecule has 0 saturated heterocycles. The average Bonchev–Trinajstić information content (AvgIpc) is 2.57. The van der Waals surface area contributed by atoms with Gasteiger partial charge in [0.25, 0.3) is 0 Å². The minimum Gasteiger partial charge on any atom is -0.466 e. The van der Waals surface area contributed by atoms with Gasteiger partial charge in [-0.1, -0.05) is 17.7 Å². The molecular weight excluding hydrogens is 316 g/mol. The lowest BCUT2D eigenvalue weighted by Gasteiger charge is -2.33. The van der Waals surface area contributed by atoms with E-state index in [9.17, 15) is 9.59 Å². The van der Waals surface area contributed by atoms with Crippen LogP contribution in [0.15, 0.2) is 12.1 Å². The molecule has 4 heteroatoms. The summed E-state index contributed by atoms with van der Waals surface area (Å²) in [5, 5.41) is 0. The fraction of sp³-hybridized carbons (Fsp3) is 0.619. The van der Waals surface area contributed by atoms with Crippen molar-refractivity contribution in [2.45, 2.75) is 59.5 Å². The number of benzene rings is 1. The molecule has 1 fully saturated rings. The first-order valence-electron chi connectivity index (χ1n) is 9.16. The number of carbonyl (C=O) groups excluding carboxylic acids is 2. The summed E-state index contributed by atoms with van der Waals surface area (Å²) in [6.45, 7) is 8.30. The lowest BCUT2D eigenvalue weighted by atomic mass is 9.74. The summed E-state index contributed by atoms with van der Waals surface area (Å²) in [5.41, 5.74) is 4.58. The highest BCUT2D eigenvalue weighted by atomic mass is 16.5. The van der Waals surface area contributed by atoms with Gasteiger partial charge in [-0.15, -0.1) is 0 Å². The number of carbonyl (C=O) groups is 2. The summed E-state index contributed by atoms with van der Waals surface area (Å²) in [6.07, 6.45) is 2.48. The molecule has 0 N–H and O–H groups in total. The van der Waals surface area contributed by atoms with Crippen LogP contribution in [0.1, 0.15) is 48.4 Å². The zero-order chi connectivity index (χ0) is 18.6. The molecule has 2 rings (SSSR count). The predicted octanol–water partition coefficient (Wildman–Crippen LogP) is 3.72. The molecule has 3 atom stereocenters. The maximum absolute atomic E-state index is 13.0. The lowest BCUT2D eigenvalue weighted by Crippen LogP contribution is -2.39. The van der Waals surface area contributed by atoms with E-state index >= 15 is 0 Å². The quantitative estimate of drug-likeness (QED) is 0.737. The van der Waals surface area contributed by atoms with Crippen molar-refractivity contribution in [3.05, 3.63) is 34.4 Å². The molecule has 1 aromatic rings. The van der Waals surface area contributed by atoms with Gasteiger partial charge in [0, 0.05) is 19.4 Å². The third kappa shape index (κ3) is 4.69. The fourth-order valence-electron chi connectivity index (χ4n) is 4.04. The van der Waals surface area contributed by atoms with Crippen LogP contribution in [0.3, 0.4) is 0 Å². The number of rotatable bonds is 6. The number of ether oxygens (including phenoxy) is 2. The first-order chi connectivity index (χ1) is 11.9.